The zero-order chi connectivity index (χ0) is 22.9. The number of rotatable bonds is 6. The van der Waals surface area contributed by atoms with Gasteiger partial charge in [0.2, 0.25) is 11.1 Å². The second-order valence-electron chi connectivity index (χ2n) is 8.16. The Bertz CT molecular complexity index is 1250. The maximum Gasteiger partial charge on any atom is 0.227 e. The number of nitrogens with one attached hydrogen (secondary N) is 1. The molecule has 0 unspecified atom stereocenters. The number of thioether (sulfide) groups is 1. The van der Waals surface area contributed by atoms with Crippen LogP contribution in [0.5, 0.6) is 11.5 Å². The molecule has 8 heteroatoms. The Kier molecular flexibility index (Phi) is 5.85. The highest BCUT2D eigenvalue weighted by molar-refractivity contribution is 7.98. The Labute approximate surface area is 197 Å². The van der Waals surface area contributed by atoms with Gasteiger partial charge < -0.3 is 14.8 Å². The molecule has 7 nitrogen and oxygen atoms in total. The van der Waals surface area contributed by atoms with E-state index in [1.807, 2.05) is 35.0 Å². The number of carbonyl (C=O) groups is 1. The van der Waals surface area contributed by atoms with Gasteiger partial charge in [-0.05, 0) is 37.0 Å². The second kappa shape index (κ2) is 8.94. The summed E-state index contributed by atoms with van der Waals surface area (Å²) in [5.74, 6) is 2.77. The minimum absolute atomic E-state index is 0.133. The number of hydrogen-bond acceptors (Lipinski definition) is 7. The van der Waals surface area contributed by atoms with Crippen molar-refractivity contribution < 1.29 is 14.3 Å². The molecular formula is C25H26N4O3S. The predicted molar refractivity (Wildman–Crippen MR) is 128 cm³/mol. The summed E-state index contributed by atoms with van der Waals surface area (Å²) in [5.41, 5.74) is 5.00. The van der Waals surface area contributed by atoms with Gasteiger partial charge in [-0.25, -0.2) is 4.68 Å². The summed E-state index contributed by atoms with van der Waals surface area (Å²) in [7, 11) is 3.23. The Morgan fingerprint density at radius 3 is 2.76 bits per heavy atom. The fourth-order valence-electron chi connectivity index (χ4n) is 4.53. The molecule has 0 fully saturated rings. The molecule has 1 aliphatic heterocycles. The van der Waals surface area contributed by atoms with Gasteiger partial charge in [-0.15, -0.1) is 5.10 Å². The van der Waals surface area contributed by atoms with Crippen LogP contribution in [0.3, 0.4) is 0 Å². The van der Waals surface area contributed by atoms with E-state index in [1.165, 1.54) is 11.1 Å². The number of ether oxygens (including phenoxy) is 2. The zero-order valence-electron chi connectivity index (χ0n) is 18.9. The van der Waals surface area contributed by atoms with Crippen LogP contribution in [0.1, 0.15) is 42.0 Å². The van der Waals surface area contributed by atoms with Crippen molar-refractivity contribution in [3.8, 4) is 11.5 Å². The lowest BCUT2D eigenvalue weighted by atomic mass is 9.85. The molecule has 1 N–H and O–H groups in total. The lowest BCUT2D eigenvalue weighted by Crippen LogP contribution is -2.31. The van der Waals surface area contributed by atoms with Crippen LogP contribution in [0.4, 0.5) is 5.95 Å². The Morgan fingerprint density at radius 2 is 1.97 bits per heavy atom. The van der Waals surface area contributed by atoms with Crippen molar-refractivity contribution in [1.82, 2.24) is 14.8 Å². The normalized spacial score (nSPS) is 17.3. The molecule has 5 rings (SSSR count). The third-order valence-corrected chi connectivity index (χ3v) is 7.08. The number of carbonyl (C=O) groups excluding carboxylic acids is 1. The lowest BCUT2D eigenvalue weighted by molar-refractivity contribution is -0.116. The quantitative estimate of drug-likeness (QED) is 0.521. The van der Waals surface area contributed by atoms with Crippen LogP contribution in [0.2, 0.25) is 0 Å². The number of aryl methyl sites for hydroxylation is 1. The lowest BCUT2D eigenvalue weighted by Gasteiger charge is -2.32. The number of methoxy groups -OCH3 is 2. The van der Waals surface area contributed by atoms with E-state index in [0.717, 1.165) is 35.4 Å². The largest absolute Gasteiger partial charge is 0.493 e. The van der Waals surface area contributed by atoms with Gasteiger partial charge in [0.15, 0.2) is 17.3 Å². The molecule has 0 bridgehead atoms. The number of para-hydroxylation sites is 1. The molecule has 0 radical (unpaired) electrons. The third kappa shape index (κ3) is 3.88. The van der Waals surface area contributed by atoms with E-state index in [9.17, 15) is 4.79 Å². The first kappa shape index (κ1) is 21.6. The first-order chi connectivity index (χ1) is 16.1. The smallest absolute Gasteiger partial charge is 0.227 e. The van der Waals surface area contributed by atoms with E-state index >= 15 is 0 Å². The van der Waals surface area contributed by atoms with E-state index in [0.29, 0.717) is 29.0 Å². The SMILES string of the molecule is COc1cccc([C@@H]2C3=C(CCCC3=O)Nc3nc(SCc4ccccc4C)nn32)c1OC. The monoisotopic (exact) mass is 462 g/mol. The number of fused-ring (bicyclic) bond motifs is 1. The summed E-state index contributed by atoms with van der Waals surface area (Å²) in [4.78, 5) is 17.9. The van der Waals surface area contributed by atoms with E-state index in [-0.39, 0.29) is 5.78 Å². The van der Waals surface area contributed by atoms with Gasteiger partial charge in [-0.2, -0.15) is 4.98 Å². The summed E-state index contributed by atoms with van der Waals surface area (Å²) in [5, 5.41) is 8.89. The molecule has 2 aliphatic rings. The number of ketones is 1. The van der Waals surface area contributed by atoms with Crippen molar-refractivity contribution in [3.05, 3.63) is 70.4 Å². The van der Waals surface area contributed by atoms with Crippen molar-refractivity contribution in [2.75, 3.05) is 19.5 Å². The number of Topliss-reactive ketones (excluding diaryl/α,β-unsaturated/α-hetero) is 1. The summed E-state index contributed by atoms with van der Waals surface area (Å²) in [6.07, 6.45) is 2.17. The summed E-state index contributed by atoms with van der Waals surface area (Å²) < 4.78 is 13.1. The fraction of sp³-hybridized carbons (Fsp3) is 0.320. The van der Waals surface area contributed by atoms with Gasteiger partial charge in [-0.1, -0.05) is 48.2 Å². The van der Waals surface area contributed by atoms with Crippen molar-refractivity contribution >= 4 is 23.5 Å². The molecule has 0 saturated carbocycles. The molecule has 0 saturated heterocycles. The number of nitrogens with zero attached hydrogens (tertiary/aromatic N) is 3. The highest BCUT2D eigenvalue weighted by Crippen LogP contribution is 2.45. The van der Waals surface area contributed by atoms with Crippen LogP contribution in [0, 0.1) is 6.92 Å². The maximum absolute atomic E-state index is 13.1. The van der Waals surface area contributed by atoms with E-state index < -0.39 is 6.04 Å². The molecule has 2 aromatic carbocycles. The first-order valence-corrected chi connectivity index (χ1v) is 12.0. The van der Waals surface area contributed by atoms with E-state index in [1.54, 1.807) is 26.0 Å². The number of allylic oxidation sites excluding steroid dienone is 2. The van der Waals surface area contributed by atoms with Gasteiger partial charge in [0, 0.05) is 29.0 Å². The van der Waals surface area contributed by atoms with Crippen molar-refractivity contribution in [2.24, 2.45) is 0 Å². The molecule has 0 spiro atoms. The van der Waals surface area contributed by atoms with Gasteiger partial charge >= 0.3 is 0 Å². The third-order valence-electron chi connectivity index (χ3n) is 6.19. The molecule has 2 heterocycles. The predicted octanol–water partition coefficient (Wildman–Crippen LogP) is 4.92. The van der Waals surface area contributed by atoms with Crippen LogP contribution in [0.25, 0.3) is 0 Å². The highest BCUT2D eigenvalue weighted by atomic mass is 32.2. The van der Waals surface area contributed by atoms with Gasteiger partial charge in [0.05, 0.1) is 14.2 Å². The summed E-state index contributed by atoms with van der Waals surface area (Å²) in [6.45, 7) is 2.11. The standard InChI is InChI=1S/C25H26N4O3S/c1-15-8-4-5-9-16(15)14-33-25-27-24-26-18-11-7-12-19(30)21(18)22(29(24)28-25)17-10-6-13-20(31-2)23(17)32-3/h4-6,8-10,13,22H,7,11-12,14H2,1-3H3,(H,26,27,28)/t22-/m1/s1. The van der Waals surface area contributed by atoms with Crippen LogP contribution in [-0.4, -0.2) is 34.8 Å². The first-order valence-electron chi connectivity index (χ1n) is 11.0. The number of aromatic nitrogens is 3. The second-order valence-corrected chi connectivity index (χ2v) is 9.10. The average Bonchev–Trinajstić information content (AvgIpc) is 3.24. The molecular weight excluding hydrogens is 436 g/mol. The summed E-state index contributed by atoms with van der Waals surface area (Å²) in [6, 6.07) is 13.6. The van der Waals surface area contributed by atoms with E-state index in [2.05, 4.69) is 24.4 Å². The van der Waals surface area contributed by atoms with Crippen molar-refractivity contribution in [3.63, 3.8) is 0 Å². The van der Waals surface area contributed by atoms with Gasteiger partial charge in [0.1, 0.15) is 6.04 Å². The minimum atomic E-state index is -0.422. The molecule has 1 aromatic heterocycles. The van der Waals surface area contributed by atoms with Gasteiger partial charge in [-0.3, -0.25) is 4.79 Å². The number of benzene rings is 2. The Balaban J connectivity index is 1.57. The Morgan fingerprint density at radius 1 is 1.12 bits per heavy atom. The summed E-state index contributed by atoms with van der Waals surface area (Å²) >= 11 is 1.59. The van der Waals surface area contributed by atoms with Crippen LogP contribution >= 0.6 is 11.8 Å². The Hall–Kier alpha value is -3.26. The number of hydrogen-bond donors (Lipinski definition) is 1. The van der Waals surface area contributed by atoms with Crippen LogP contribution in [0.15, 0.2) is 58.9 Å². The highest BCUT2D eigenvalue weighted by Gasteiger charge is 2.38. The minimum Gasteiger partial charge on any atom is -0.493 e. The van der Waals surface area contributed by atoms with E-state index in [4.69, 9.17) is 19.6 Å². The molecule has 33 heavy (non-hydrogen) atoms. The van der Waals surface area contributed by atoms with Crippen molar-refractivity contribution in [1.29, 1.82) is 0 Å². The topological polar surface area (TPSA) is 78.3 Å². The molecule has 1 aliphatic carbocycles. The average molecular weight is 463 g/mol. The maximum atomic E-state index is 13.1. The molecule has 0 amide bonds. The molecule has 3 aromatic rings. The fourth-order valence-corrected chi connectivity index (χ4v) is 5.43. The zero-order valence-corrected chi connectivity index (χ0v) is 19.7. The van der Waals surface area contributed by atoms with Crippen LogP contribution in [-0.2, 0) is 10.5 Å². The molecule has 1 atom stereocenters. The number of anilines is 1. The molecule has 170 valence electrons. The van der Waals surface area contributed by atoms with Gasteiger partial charge in [0.25, 0.3) is 0 Å². The van der Waals surface area contributed by atoms with Crippen molar-refractivity contribution in [2.45, 2.75) is 43.1 Å². The van der Waals surface area contributed by atoms with Crippen LogP contribution < -0.4 is 14.8 Å².